The van der Waals surface area contributed by atoms with Crippen LogP contribution in [0, 0.1) is 0 Å². The van der Waals surface area contributed by atoms with Crippen molar-refractivity contribution in [1.29, 1.82) is 0 Å². The summed E-state index contributed by atoms with van der Waals surface area (Å²) in [5, 5.41) is 14.5. The predicted octanol–water partition coefficient (Wildman–Crippen LogP) is 1.58. The molecule has 9 heteroatoms. The normalized spacial score (nSPS) is 25.0. The molecule has 1 amide bonds. The number of benzene rings is 1. The number of hydrogen-bond donors (Lipinski definition) is 1. The Bertz CT molecular complexity index is 908. The molecule has 2 atom stereocenters. The fourth-order valence-electron chi connectivity index (χ4n) is 4.52. The van der Waals surface area contributed by atoms with Crippen LogP contribution in [0.25, 0.3) is 11.4 Å². The summed E-state index contributed by atoms with van der Waals surface area (Å²) >= 11 is 0. The Labute approximate surface area is 168 Å². The number of nitrogens with zero attached hydrogens (tertiary/aromatic N) is 4. The van der Waals surface area contributed by atoms with Gasteiger partial charge in [0.05, 0.1) is 12.1 Å². The smallest absolute Gasteiger partial charge is 0.244 e. The molecule has 3 aliphatic heterocycles. The highest BCUT2D eigenvalue weighted by Crippen LogP contribution is 2.38. The molecule has 2 fully saturated rings. The van der Waals surface area contributed by atoms with Crippen molar-refractivity contribution in [2.75, 3.05) is 26.4 Å². The molecule has 0 spiro atoms. The number of amides is 1. The Morgan fingerprint density at radius 3 is 2.79 bits per heavy atom. The summed E-state index contributed by atoms with van der Waals surface area (Å²) in [6.07, 6.45) is 1.90. The number of fused-ring (bicyclic) bond motifs is 1. The average Bonchev–Trinajstić information content (AvgIpc) is 3.46. The van der Waals surface area contributed by atoms with Crippen LogP contribution in [0.3, 0.4) is 0 Å². The molecule has 0 saturated carbocycles. The van der Waals surface area contributed by atoms with Gasteiger partial charge >= 0.3 is 0 Å². The number of aromatic nitrogens is 2. The zero-order chi connectivity index (χ0) is 20.0. The van der Waals surface area contributed by atoms with E-state index in [-0.39, 0.29) is 24.8 Å². The van der Waals surface area contributed by atoms with E-state index in [9.17, 15) is 9.90 Å². The SMILES string of the molecule is CC(=O)N1CCC(N2C[C@H](O)C[C@H]2c2nc(-c3ccc4c(c3)OCO4)no2)CC1. The second kappa shape index (κ2) is 7.31. The third-order valence-electron chi connectivity index (χ3n) is 6.05. The molecule has 2 saturated heterocycles. The first kappa shape index (κ1) is 18.4. The van der Waals surface area contributed by atoms with Crippen LogP contribution in [0.4, 0.5) is 0 Å². The van der Waals surface area contributed by atoms with Gasteiger partial charge in [0.2, 0.25) is 24.4 Å². The maximum Gasteiger partial charge on any atom is 0.244 e. The van der Waals surface area contributed by atoms with Crippen LogP contribution in [-0.2, 0) is 4.79 Å². The summed E-state index contributed by atoms with van der Waals surface area (Å²) in [5.74, 6) is 2.50. The molecule has 0 bridgehead atoms. The van der Waals surface area contributed by atoms with Crippen molar-refractivity contribution in [3.05, 3.63) is 24.1 Å². The Morgan fingerprint density at radius 2 is 2.00 bits per heavy atom. The van der Waals surface area contributed by atoms with E-state index in [1.54, 1.807) is 6.92 Å². The highest BCUT2D eigenvalue weighted by atomic mass is 16.7. The van der Waals surface area contributed by atoms with Crippen molar-refractivity contribution in [2.45, 2.75) is 44.4 Å². The van der Waals surface area contributed by atoms with E-state index in [1.165, 1.54) is 0 Å². The molecule has 5 rings (SSSR count). The molecule has 3 aliphatic rings. The minimum absolute atomic E-state index is 0.117. The third kappa shape index (κ3) is 3.44. The molecule has 154 valence electrons. The van der Waals surface area contributed by atoms with Gasteiger partial charge in [-0.15, -0.1) is 0 Å². The van der Waals surface area contributed by atoms with Crippen LogP contribution >= 0.6 is 0 Å². The van der Waals surface area contributed by atoms with Gasteiger partial charge in [0.15, 0.2) is 11.5 Å². The second-order valence-corrected chi connectivity index (χ2v) is 7.86. The topological polar surface area (TPSA) is 101 Å². The number of β-amino-alcohol motifs (C(OH)–C–C–N with tert-alkyl or cyclic N) is 1. The zero-order valence-corrected chi connectivity index (χ0v) is 16.3. The number of carbonyl (C=O) groups excluding carboxylic acids is 1. The number of piperidine rings is 1. The molecule has 0 unspecified atom stereocenters. The fraction of sp³-hybridized carbons (Fsp3) is 0.550. The molecular weight excluding hydrogens is 376 g/mol. The molecule has 2 aromatic rings. The molecule has 1 aromatic carbocycles. The van der Waals surface area contributed by atoms with E-state index in [0.29, 0.717) is 36.2 Å². The van der Waals surface area contributed by atoms with Crippen LogP contribution in [0.5, 0.6) is 11.5 Å². The Balaban J connectivity index is 1.34. The summed E-state index contributed by atoms with van der Waals surface area (Å²) in [6, 6.07) is 5.72. The lowest BCUT2D eigenvalue weighted by atomic mass is 10.0. The van der Waals surface area contributed by atoms with Gasteiger partial charge in [-0.3, -0.25) is 9.69 Å². The van der Waals surface area contributed by atoms with Gasteiger partial charge in [-0.2, -0.15) is 4.98 Å². The van der Waals surface area contributed by atoms with E-state index in [0.717, 1.165) is 31.5 Å². The van der Waals surface area contributed by atoms with Crippen molar-refractivity contribution in [2.24, 2.45) is 0 Å². The summed E-state index contributed by atoms with van der Waals surface area (Å²) in [7, 11) is 0. The first-order chi connectivity index (χ1) is 14.1. The first-order valence-electron chi connectivity index (χ1n) is 10.0. The lowest BCUT2D eigenvalue weighted by Gasteiger charge is -2.38. The summed E-state index contributed by atoms with van der Waals surface area (Å²) < 4.78 is 16.4. The number of ether oxygens (including phenoxy) is 2. The van der Waals surface area contributed by atoms with Gasteiger partial charge in [0.1, 0.15) is 0 Å². The second-order valence-electron chi connectivity index (χ2n) is 7.86. The summed E-state index contributed by atoms with van der Waals surface area (Å²) in [5.41, 5.74) is 0.795. The number of carbonyl (C=O) groups is 1. The lowest BCUT2D eigenvalue weighted by Crippen LogP contribution is -2.46. The van der Waals surface area contributed by atoms with Gasteiger partial charge in [-0.25, -0.2) is 0 Å². The van der Waals surface area contributed by atoms with Crippen LogP contribution in [0.1, 0.15) is 38.1 Å². The molecule has 1 aromatic heterocycles. The van der Waals surface area contributed by atoms with Gasteiger partial charge in [-0.1, -0.05) is 5.16 Å². The van der Waals surface area contributed by atoms with E-state index in [2.05, 4.69) is 15.0 Å². The molecular formula is C20H24N4O5. The van der Waals surface area contributed by atoms with E-state index < -0.39 is 6.10 Å². The first-order valence-corrected chi connectivity index (χ1v) is 10.0. The Morgan fingerprint density at radius 1 is 1.21 bits per heavy atom. The maximum atomic E-state index is 11.6. The number of hydrogen-bond acceptors (Lipinski definition) is 8. The molecule has 1 N–H and O–H groups in total. The summed E-state index contributed by atoms with van der Waals surface area (Å²) in [4.78, 5) is 20.4. The molecule has 0 aliphatic carbocycles. The van der Waals surface area contributed by atoms with E-state index in [1.807, 2.05) is 23.1 Å². The molecule has 29 heavy (non-hydrogen) atoms. The van der Waals surface area contributed by atoms with Gasteiger partial charge in [0, 0.05) is 38.2 Å². The van der Waals surface area contributed by atoms with Crippen LogP contribution in [-0.4, -0.2) is 69.5 Å². The number of likely N-dealkylation sites (tertiary alicyclic amines) is 2. The average molecular weight is 400 g/mol. The van der Waals surface area contributed by atoms with Crippen molar-refractivity contribution >= 4 is 5.91 Å². The largest absolute Gasteiger partial charge is 0.454 e. The zero-order valence-electron chi connectivity index (χ0n) is 16.3. The van der Waals surface area contributed by atoms with Crippen molar-refractivity contribution < 1.29 is 23.9 Å². The molecule has 0 radical (unpaired) electrons. The minimum Gasteiger partial charge on any atom is -0.454 e. The summed E-state index contributed by atoms with van der Waals surface area (Å²) in [6.45, 7) is 3.89. The standard InChI is InChI=1S/C20H24N4O5/c1-12(25)23-6-4-14(5-7-23)24-10-15(26)9-16(24)20-21-19(22-29-20)13-2-3-17-18(8-13)28-11-27-17/h2-3,8,14-16,26H,4-7,9-11H2,1H3/t15-,16+/m1/s1. The van der Waals surface area contributed by atoms with Crippen molar-refractivity contribution in [1.82, 2.24) is 19.9 Å². The number of rotatable bonds is 3. The highest BCUT2D eigenvalue weighted by molar-refractivity contribution is 5.73. The van der Waals surface area contributed by atoms with E-state index >= 15 is 0 Å². The lowest BCUT2D eigenvalue weighted by molar-refractivity contribution is -0.130. The van der Waals surface area contributed by atoms with Gasteiger partial charge < -0.3 is 24.0 Å². The Kier molecular flexibility index (Phi) is 4.63. The molecule has 9 nitrogen and oxygen atoms in total. The van der Waals surface area contributed by atoms with Crippen LogP contribution < -0.4 is 9.47 Å². The third-order valence-corrected chi connectivity index (χ3v) is 6.05. The quantitative estimate of drug-likeness (QED) is 0.829. The maximum absolute atomic E-state index is 11.6. The number of aliphatic hydroxyl groups is 1. The fourth-order valence-corrected chi connectivity index (χ4v) is 4.52. The van der Waals surface area contributed by atoms with Gasteiger partial charge in [0.25, 0.3) is 0 Å². The molecule has 4 heterocycles. The highest BCUT2D eigenvalue weighted by Gasteiger charge is 2.40. The van der Waals surface area contributed by atoms with Crippen LogP contribution in [0.15, 0.2) is 22.7 Å². The van der Waals surface area contributed by atoms with Crippen LogP contribution in [0.2, 0.25) is 0 Å². The van der Waals surface area contributed by atoms with Crippen molar-refractivity contribution in [3.63, 3.8) is 0 Å². The monoisotopic (exact) mass is 400 g/mol. The Hall–Kier alpha value is -2.65. The van der Waals surface area contributed by atoms with Gasteiger partial charge in [-0.05, 0) is 37.5 Å². The predicted molar refractivity (Wildman–Crippen MR) is 101 cm³/mol. The number of aliphatic hydroxyl groups excluding tert-OH is 1. The van der Waals surface area contributed by atoms with E-state index in [4.69, 9.17) is 14.0 Å². The minimum atomic E-state index is -0.424. The van der Waals surface area contributed by atoms with Crippen molar-refractivity contribution in [3.8, 4) is 22.9 Å².